The van der Waals surface area contributed by atoms with Crippen molar-refractivity contribution < 1.29 is 22.5 Å². The minimum absolute atomic E-state index is 0.104. The molecule has 0 atom stereocenters. The summed E-state index contributed by atoms with van der Waals surface area (Å²) in [5, 5.41) is 2.66. The number of halogens is 1. The maximum absolute atomic E-state index is 12.9. The molecule has 0 aliphatic carbocycles. The van der Waals surface area contributed by atoms with Crippen LogP contribution in [0.25, 0.3) is 16.7 Å². The van der Waals surface area contributed by atoms with Crippen LogP contribution in [-0.2, 0) is 19.3 Å². The van der Waals surface area contributed by atoms with Gasteiger partial charge in [0.15, 0.2) is 0 Å². The van der Waals surface area contributed by atoms with Crippen LogP contribution in [0.5, 0.6) is 0 Å². The summed E-state index contributed by atoms with van der Waals surface area (Å²) in [6.45, 7) is 0. The molecule has 4 N–H and O–H groups in total. The molecule has 2 amide bonds. The highest BCUT2D eigenvalue weighted by Crippen LogP contribution is 2.25. The molecule has 0 radical (unpaired) electrons. The number of rotatable bonds is 7. The average Bonchev–Trinajstić information content (AvgIpc) is 3.26. The summed E-state index contributed by atoms with van der Waals surface area (Å²) >= 11 is 7.38. The molecule has 3 heterocycles. The summed E-state index contributed by atoms with van der Waals surface area (Å²) in [6.07, 6.45) is 2.58. The predicted molar refractivity (Wildman–Crippen MR) is 126 cm³/mol. The number of carbonyl (C=O) groups excluding carboxylic acids is 1. The number of carbonyl (C=O) groups is 1. The van der Waals surface area contributed by atoms with Crippen molar-refractivity contribution in [2.75, 3.05) is 5.32 Å². The number of hydrogen-bond acceptors (Lipinski definition) is 11. The number of fused-ring (bicyclic) bond motifs is 1. The molecule has 0 aliphatic heterocycles. The second kappa shape index (κ2) is 10.1. The van der Waals surface area contributed by atoms with E-state index in [-0.39, 0.29) is 20.1 Å². The molecule has 12 nitrogen and oxygen atoms in total. The number of thiophene rings is 1. The van der Waals surface area contributed by atoms with Crippen LogP contribution in [0.3, 0.4) is 0 Å². The van der Waals surface area contributed by atoms with Gasteiger partial charge in [0.25, 0.3) is 15.6 Å². The largest absolute Gasteiger partial charge is 0.333 e. The second-order valence-electron chi connectivity index (χ2n) is 6.37. The number of nitrogens with one attached hydrogen (secondary N) is 2. The van der Waals surface area contributed by atoms with Crippen LogP contribution in [0.15, 0.2) is 68.9 Å². The van der Waals surface area contributed by atoms with Gasteiger partial charge in [0.2, 0.25) is 0 Å². The zero-order valence-corrected chi connectivity index (χ0v) is 19.9. The van der Waals surface area contributed by atoms with Crippen LogP contribution in [0.4, 0.5) is 10.5 Å². The van der Waals surface area contributed by atoms with E-state index >= 15 is 0 Å². The Bertz CT molecular complexity index is 1520. The van der Waals surface area contributed by atoms with E-state index in [2.05, 4.69) is 24.6 Å². The van der Waals surface area contributed by atoms with Crippen LogP contribution < -0.4 is 21.5 Å². The molecule has 176 valence electrons. The molecule has 0 saturated heterocycles. The number of pyridine rings is 1. The van der Waals surface area contributed by atoms with Crippen LogP contribution in [0.1, 0.15) is 0 Å². The third-order valence-corrected chi connectivity index (χ3v) is 7.84. The van der Waals surface area contributed by atoms with E-state index in [4.69, 9.17) is 17.5 Å². The average molecular weight is 541 g/mol. The van der Waals surface area contributed by atoms with Gasteiger partial charge in [0.1, 0.15) is 16.4 Å². The van der Waals surface area contributed by atoms with Gasteiger partial charge in [0, 0.05) is 4.90 Å². The van der Waals surface area contributed by atoms with E-state index in [0.717, 1.165) is 23.4 Å². The zero-order valence-electron chi connectivity index (χ0n) is 16.7. The highest BCUT2D eigenvalue weighted by atomic mass is 35.5. The first kappa shape index (κ1) is 24.1. The molecule has 0 aliphatic rings. The molecule has 0 saturated carbocycles. The normalized spacial score (nSPS) is 11.5. The topological polar surface area (TPSA) is 168 Å². The van der Waals surface area contributed by atoms with Gasteiger partial charge in [-0.25, -0.2) is 27.9 Å². The van der Waals surface area contributed by atoms with E-state index < -0.39 is 21.6 Å². The van der Waals surface area contributed by atoms with Gasteiger partial charge in [0.05, 0.1) is 39.2 Å². The fraction of sp³-hybridized carbons (Fsp3) is 0. The molecule has 16 heteroatoms. The Kier molecular flexibility index (Phi) is 7.13. The Morgan fingerprint density at radius 3 is 2.68 bits per heavy atom. The van der Waals surface area contributed by atoms with Gasteiger partial charge < -0.3 is 5.32 Å². The lowest BCUT2D eigenvalue weighted by molar-refractivity contribution is -0.195. The molecule has 4 rings (SSSR count). The van der Waals surface area contributed by atoms with E-state index in [0.29, 0.717) is 15.8 Å². The monoisotopic (exact) mass is 540 g/mol. The number of benzene rings is 1. The number of hydrogen-bond donors (Lipinski definition) is 3. The number of anilines is 1. The molecule has 1 aromatic carbocycles. The Labute approximate surface area is 204 Å². The highest BCUT2D eigenvalue weighted by Gasteiger charge is 2.20. The molecule has 3 aromatic heterocycles. The lowest BCUT2D eigenvalue weighted by atomic mass is 10.2. The van der Waals surface area contributed by atoms with Crippen molar-refractivity contribution in [2.45, 2.75) is 9.10 Å². The first-order chi connectivity index (χ1) is 16.3. The molecule has 34 heavy (non-hydrogen) atoms. The number of nitrogens with two attached hydrogens (primary N) is 1. The summed E-state index contributed by atoms with van der Waals surface area (Å²) in [4.78, 5) is 38.1. The van der Waals surface area contributed by atoms with Crippen molar-refractivity contribution in [1.29, 1.82) is 0 Å². The fourth-order valence-corrected chi connectivity index (χ4v) is 5.55. The number of nitrogens with zero attached hydrogens (tertiary/aromatic N) is 3. The van der Waals surface area contributed by atoms with E-state index in [1.165, 1.54) is 41.4 Å². The lowest BCUT2D eigenvalue weighted by Gasteiger charge is -2.09. The minimum atomic E-state index is -4.07. The molecular weight excluding hydrogens is 528 g/mol. The quantitative estimate of drug-likeness (QED) is 0.180. The van der Waals surface area contributed by atoms with Crippen LogP contribution in [-0.4, -0.2) is 29.0 Å². The summed E-state index contributed by atoms with van der Waals surface area (Å²) < 4.78 is 32.3. The predicted octanol–water partition coefficient (Wildman–Crippen LogP) is 2.83. The maximum atomic E-state index is 12.9. The summed E-state index contributed by atoms with van der Waals surface area (Å²) in [6, 6.07) is 9.50. The highest BCUT2D eigenvalue weighted by molar-refractivity contribution is 7.94. The number of amides is 2. The third-order valence-electron chi connectivity index (χ3n) is 4.19. The minimum Gasteiger partial charge on any atom is -0.306 e. The summed E-state index contributed by atoms with van der Waals surface area (Å²) in [5.41, 5.74) is 0.260. The molecular formula is C18H13ClN6O6S3. The Morgan fingerprint density at radius 2 is 2.00 bits per heavy atom. The standard InChI is InChI=1S/C18H13ClN6O6S3/c19-14-4-6-16(32-14)34(28,29)24-18(27)23-10-1-5-15(21-8-10)25-9-22-13-3-2-11(33-31-30-20)7-12(13)17(25)26/h1-9H,20H2,(H2,23,24,27). The van der Waals surface area contributed by atoms with Gasteiger partial charge in [-0.15, -0.1) is 20.7 Å². The van der Waals surface area contributed by atoms with Crippen LogP contribution >= 0.6 is 35.0 Å². The molecule has 0 spiro atoms. The van der Waals surface area contributed by atoms with Crippen molar-refractivity contribution in [3.05, 3.63) is 69.7 Å². The van der Waals surface area contributed by atoms with Gasteiger partial charge >= 0.3 is 6.03 Å². The Balaban J connectivity index is 1.51. The van der Waals surface area contributed by atoms with Crippen molar-refractivity contribution in [2.24, 2.45) is 5.90 Å². The van der Waals surface area contributed by atoms with Crippen LogP contribution in [0.2, 0.25) is 4.34 Å². The van der Waals surface area contributed by atoms with Gasteiger partial charge in [-0.3, -0.25) is 9.36 Å². The summed E-state index contributed by atoms with van der Waals surface area (Å²) in [5.74, 6) is 5.05. The van der Waals surface area contributed by atoms with Crippen LogP contribution in [0, 0.1) is 0 Å². The van der Waals surface area contributed by atoms with Crippen molar-refractivity contribution in [3.63, 3.8) is 0 Å². The second-order valence-corrected chi connectivity index (χ2v) is 10.8. The first-order valence-corrected chi connectivity index (χ1v) is 12.5. The van der Waals surface area contributed by atoms with E-state index in [1.54, 1.807) is 18.2 Å². The SMILES string of the molecule is NOOSc1ccc2ncn(-c3ccc(NC(=O)NS(=O)(=O)c4ccc(Cl)s4)cn3)c(=O)c2c1. The fourth-order valence-electron chi connectivity index (χ4n) is 2.75. The molecule has 0 bridgehead atoms. The van der Waals surface area contributed by atoms with Crippen molar-refractivity contribution >= 4 is 67.6 Å². The number of sulfonamides is 1. The van der Waals surface area contributed by atoms with Crippen molar-refractivity contribution in [1.82, 2.24) is 19.3 Å². The van der Waals surface area contributed by atoms with Crippen molar-refractivity contribution in [3.8, 4) is 5.82 Å². The van der Waals surface area contributed by atoms with E-state index in [1.807, 2.05) is 4.72 Å². The summed E-state index contributed by atoms with van der Waals surface area (Å²) in [7, 11) is -4.07. The molecule has 0 fully saturated rings. The first-order valence-electron chi connectivity index (χ1n) is 9.04. The van der Waals surface area contributed by atoms with Gasteiger partial charge in [-0.1, -0.05) is 11.6 Å². The van der Waals surface area contributed by atoms with Gasteiger partial charge in [-0.2, -0.15) is 5.90 Å². The lowest BCUT2D eigenvalue weighted by Crippen LogP contribution is -2.34. The number of aromatic nitrogens is 3. The smallest absolute Gasteiger partial charge is 0.306 e. The van der Waals surface area contributed by atoms with Gasteiger partial charge in [-0.05, 0) is 42.5 Å². The molecule has 4 aromatic rings. The Hall–Kier alpha value is -3.05. The Morgan fingerprint density at radius 1 is 1.18 bits per heavy atom. The third kappa shape index (κ3) is 5.36. The zero-order chi connectivity index (χ0) is 24.3. The van der Waals surface area contributed by atoms with E-state index in [9.17, 15) is 18.0 Å². The molecule has 0 unspecified atom stereocenters. The maximum Gasteiger partial charge on any atom is 0.333 e. The number of urea groups is 1.